The number of aryl methyl sites for hydroxylation is 3. The number of amides is 1. The first-order valence-electron chi connectivity index (χ1n) is 14.0. The van der Waals surface area contributed by atoms with Gasteiger partial charge < -0.3 is 20.9 Å². The molecule has 0 atom stereocenters. The van der Waals surface area contributed by atoms with Crippen molar-refractivity contribution >= 4 is 34.4 Å². The summed E-state index contributed by atoms with van der Waals surface area (Å²) in [5, 5.41) is 8.30. The van der Waals surface area contributed by atoms with Crippen LogP contribution < -0.4 is 11.5 Å². The van der Waals surface area contributed by atoms with Gasteiger partial charge in [-0.2, -0.15) is 0 Å². The van der Waals surface area contributed by atoms with E-state index in [9.17, 15) is 4.79 Å². The third-order valence-electron chi connectivity index (χ3n) is 7.41. The number of rotatable bonds is 11. The zero-order valence-corrected chi connectivity index (χ0v) is 24.4. The van der Waals surface area contributed by atoms with E-state index >= 15 is 0 Å². The van der Waals surface area contributed by atoms with Gasteiger partial charge in [-0.1, -0.05) is 77.8 Å². The lowest BCUT2D eigenvalue weighted by atomic mass is 10.1. The van der Waals surface area contributed by atoms with Crippen LogP contribution >= 0.6 is 11.6 Å². The van der Waals surface area contributed by atoms with Crippen molar-refractivity contribution in [3.05, 3.63) is 135 Å². The minimum Gasteiger partial charge on any atom is -0.384 e. The normalized spacial score (nSPS) is 11.1. The third kappa shape index (κ3) is 6.87. The third-order valence-corrected chi connectivity index (χ3v) is 7.66. The standard InChI is InChI=1S/C34H35ClN6O/c1-23-2-4-26(5-3-23)22-41-31-16-13-28(34(42)40(19-18-36)21-25-8-14-29(35)15-9-25)20-30(31)39-32(41)17-10-24-6-11-27(12-7-24)33(37)38/h2-9,11-16,20H,10,17-19,21-22,36H2,1H3,(H3,37,38). The molecule has 42 heavy (non-hydrogen) atoms. The smallest absolute Gasteiger partial charge is 0.254 e. The number of hydrogen-bond donors (Lipinski definition) is 3. The summed E-state index contributed by atoms with van der Waals surface area (Å²) < 4.78 is 2.24. The first kappa shape index (κ1) is 29.0. The molecule has 0 aliphatic carbocycles. The number of benzene rings is 4. The number of imidazole rings is 1. The molecule has 0 saturated heterocycles. The minimum atomic E-state index is -0.0857. The Morgan fingerprint density at radius 1 is 0.881 bits per heavy atom. The molecule has 1 aromatic heterocycles. The second kappa shape index (κ2) is 13.0. The highest BCUT2D eigenvalue weighted by atomic mass is 35.5. The van der Waals surface area contributed by atoms with Gasteiger partial charge in [0.05, 0.1) is 11.0 Å². The van der Waals surface area contributed by atoms with Gasteiger partial charge in [0.15, 0.2) is 0 Å². The summed E-state index contributed by atoms with van der Waals surface area (Å²) in [7, 11) is 0. The Kier molecular flexibility index (Phi) is 9.00. The lowest BCUT2D eigenvalue weighted by molar-refractivity contribution is 0.0748. The maximum absolute atomic E-state index is 13.6. The lowest BCUT2D eigenvalue weighted by Crippen LogP contribution is -2.34. The number of nitrogens with two attached hydrogens (primary N) is 2. The van der Waals surface area contributed by atoms with E-state index in [0.29, 0.717) is 42.3 Å². The largest absolute Gasteiger partial charge is 0.384 e. The molecule has 5 rings (SSSR count). The van der Waals surface area contributed by atoms with E-state index in [1.165, 1.54) is 11.1 Å². The van der Waals surface area contributed by atoms with E-state index in [1.54, 1.807) is 4.90 Å². The molecule has 0 aliphatic rings. The zero-order valence-electron chi connectivity index (χ0n) is 23.7. The van der Waals surface area contributed by atoms with Gasteiger partial charge in [-0.15, -0.1) is 0 Å². The fourth-order valence-corrected chi connectivity index (χ4v) is 5.19. The number of aromatic nitrogens is 2. The number of carbonyl (C=O) groups excluding carboxylic acids is 1. The monoisotopic (exact) mass is 578 g/mol. The topological polar surface area (TPSA) is 114 Å². The van der Waals surface area contributed by atoms with Crippen molar-refractivity contribution < 1.29 is 4.79 Å². The van der Waals surface area contributed by atoms with Crippen LogP contribution in [0.5, 0.6) is 0 Å². The van der Waals surface area contributed by atoms with Crippen LogP contribution in [0, 0.1) is 12.3 Å². The number of amidine groups is 1. The highest BCUT2D eigenvalue weighted by molar-refractivity contribution is 6.30. The average molecular weight is 579 g/mol. The van der Waals surface area contributed by atoms with Gasteiger partial charge in [-0.3, -0.25) is 10.2 Å². The molecule has 0 fully saturated rings. The van der Waals surface area contributed by atoms with Crippen molar-refractivity contribution in [3.63, 3.8) is 0 Å². The van der Waals surface area contributed by atoms with Crippen LogP contribution in [0.15, 0.2) is 91.0 Å². The summed E-state index contributed by atoms with van der Waals surface area (Å²) in [5.41, 5.74) is 19.1. The molecule has 0 bridgehead atoms. The second-order valence-corrected chi connectivity index (χ2v) is 11.0. The first-order valence-corrected chi connectivity index (χ1v) is 14.4. The quantitative estimate of drug-likeness (QED) is 0.137. The fourth-order valence-electron chi connectivity index (χ4n) is 5.06. The van der Waals surface area contributed by atoms with E-state index in [-0.39, 0.29) is 11.7 Å². The molecule has 0 aliphatic heterocycles. The van der Waals surface area contributed by atoms with E-state index < -0.39 is 0 Å². The summed E-state index contributed by atoms with van der Waals surface area (Å²) in [4.78, 5) is 20.4. The van der Waals surface area contributed by atoms with Crippen LogP contribution in [0.2, 0.25) is 5.02 Å². The molecular formula is C34H35ClN6O. The molecule has 214 valence electrons. The van der Waals surface area contributed by atoms with E-state index in [2.05, 4.69) is 35.8 Å². The molecule has 0 saturated carbocycles. The van der Waals surface area contributed by atoms with Crippen LogP contribution in [0.4, 0.5) is 0 Å². The highest BCUT2D eigenvalue weighted by Crippen LogP contribution is 2.23. The maximum Gasteiger partial charge on any atom is 0.254 e. The number of nitrogens with zero attached hydrogens (tertiary/aromatic N) is 3. The van der Waals surface area contributed by atoms with Crippen LogP contribution in [0.25, 0.3) is 11.0 Å². The summed E-state index contributed by atoms with van der Waals surface area (Å²) in [6, 6.07) is 29.6. The molecule has 1 amide bonds. The summed E-state index contributed by atoms with van der Waals surface area (Å²) >= 11 is 6.05. The molecule has 8 heteroatoms. The van der Waals surface area contributed by atoms with Crippen LogP contribution in [-0.2, 0) is 25.9 Å². The van der Waals surface area contributed by atoms with Gasteiger partial charge >= 0.3 is 0 Å². The number of hydrogen-bond acceptors (Lipinski definition) is 4. The predicted octanol–water partition coefficient (Wildman–Crippen LogP) is 5.72. The Labute approximate surface area is 251 Å². The zero-order chi connectivity index (χ0) is 29.6. The Hall–Kier alpha value is -4.46. The number of fused-ring (bicyclic) bond motifs is 1. The fraction of sp³-hybridized carbons (Fsp3) is 0.206. The van der Waals surface area contributed by atoms with Crippen molar-refractivity contribution in [2.24, 2.45) is 11.5 Å². The van der Waals surface area contributed by atoms with Gasteiger partial charge in [0.2, 0.25) is 0 Å². The first-order chi connectivity index (χ1) is 20.3. The lowest BCUT2D eigenvalue weighted by Gasteiger charge is -2.22. The van der Waals surface area contributed by atoms with Crippen molar-refractivity contribution in [1.82, 2.24) is 14.5 Å². The SMILES string of the molecule is Cc1ccc(Cn2c(CCc3ccc(C(=N)N)cc3)nc3cc(C(=O)N(CCN)Cc4ccc(Cl)cc4)ccc32)cc1. The Morgan fingerprint density at radius 2 is 1.52 bits per heavy atom. The van der Waals surface area contributed by atoms with Crippen molar-refractivity contribution in [2.45, 2.75) is 32.9 Å². The van der Waals surface area contributed by atoms with Crippen LogP contribution in [0.3, 0.4) is 0 Å². The number of carbonyl (C=O) groups is 1. The van der Waals surface area contributed by atoms with Crippen LogP contribution in [-0.4, -0.2) is 39.3 Å². The van der Waals surface area contributed by atoms with Gasteiger partial charge in [-0.25, -0.2) is 4.98 Å². The average Bonchev–Trinajstić information content (AvgIpc) is 3.34. The summed E-state index contributed by atoms with van der Waals surface area (Å²) in [6.45, 7) is 4.01. The number of nitrogen functional groups attached to an aromatic ring is 1. The molecule has 5 N–H and O–H groups in total. The van der Waals surface area contributed by atoms with Gasteiger partial charge in [-0.05, 0) is 60.4 Å². The Bertz CT molecular complexity index is 1690. The second-order valence-electron chi connectivity index (χ2n) is 10.6. The van der Waals surface area contributed by atoms with E-state index in [0.717, 1.165) is 40.8 Å². The molecule has 0 unspecified atom stereocenters. The number of halogens is 1. The number of nitrogens with one attached hydrogen (secondary N) is 1. The summed E-state index contributed by atoms with van der Waals surface area (Å²) in [5.74, 6) is 0.924. The molecule has 7 nitrogen and oxygen atoms in total. The van der Waals surface area contributed by atoms with Crippen molar-refractivity contribution in [3.8, 4) is 0 Å². The molecule has 1 heterocycles. The molecule has 5 aromatic rings. The van der Waals surface area contributed by atoms with Gasteiger partial charge in [0, 0.05) is 48.7 Å². The van der Waals surface area contributed by atoms with E-state index in [4.69, 9.17) is 33.5 Å². The highest BCUT2D eigenvalue weighted by Gasteiger charge is 2.19. The minimum absolute atomic E-state index is 0.0602. The van der Waals surface area contributed by atoms with E-state index in [1.807, 2.05) is 66.7 Å². The molecule has 4 aromatic carbocycles. The van der Waals surface area contributed by atoms with Gasteiger partial charge in [0.25, 0.3) is 5.91 Å². The van der Waals surface area contributed by atoms with Crippen molar-refractivity contribution in [1.29, 1.82) is 5.41 Å². The van der Waals surface area contributed by atoms with Crippen molar-refractivity contribution in [2.75, 3.05) is 13.1 Å². The molecule has 0 spiro atoms. The summed E-state index contributed by atoms with van der Waals surface area (Å²) in [6.07, 6.45) is 1.51. The Morgan fingerprint density at radius 3 is 2.19 bits per heavy atom. The molecule has 0 radical (unpaired) electrons. The van der Waals surface area contributed by atoms with Gasteiger partial charge in [0.1, 0.15) is 11.7 Å². The van der Waals surface area contributed by atoms with Crippen LogP contribution in [0.1, 0.15) is 44.0 Å². The molecular weight excluding hydrogens is 544 g/mol. The predicted molar refractivity (Wildman–Crippen MR) is 170 cm³/mol. The Balaban J connectivity index is 1.44. The maximum atomic E-state index is 13.6.